The molecule has 1 amide bonds. The first-order valence-corrected chi connectivity index (χ1v) is 7.05. The fourth-order valence-electron chi connectivity index (χ4n) is 1.44. The van der Waals surface area contributed by atoms with Crippen molar-refractivity contribution in [3.8, 4) is 0 Å². The summed E-state index contributed by atoms with van der Waals surface area (Å²) in [5.41, 5.74) is 2.08. The molecule has 0 N–H and O–H groups in total. The van der Waals surface area contributed by atoms with Crippen LogP contribution >= 0.6 is 11.3 Å². The highest BCUT2D eigenvalue weighted by Crippen LogP contribution is 2.10. The lowest BCUT2D eigenvalue weighted by molar-refractivity contribution is -0.156. The first-order chi connectivity index (χ1) is 8.78. The van der Waals surface area contributed by atoms with Crippen molar-refractivity contribution in [1.82, 2.24) is 9.88 Å². The maximum absolute atomic E-state index is 11.8. The van der Waals surface area contributed by atoms with Crippen LogP contribution in [-0.4, -0.2) is 34.4 Å². The molecule has 0 unspecified atom stereocenters. The molecule has 1 aromatic heterocycles. The van der Waals surface area contributed by atoms with E-state index in [1.807, 2.05) is 5.38 Å². The molecule has 0 atom stereocenters. The van der Waals surface area contributed by atoms with Crippen molar-refractivity contribution in [2.45, 2.75) is 45.8 Å². The van der Waals surface area contributed by atoms with Crippen molar-refractivity contribution >= 4 is 23.2 Å². The number of carbonyl (C=O) groups excluding carboxylic acids is 2. The number of hydrogen-bond acceptors (Lipinski definition) is 5. The van der Waals surface area contributed by atoms with Crippen molar-refractivity contribution in [2.24, 2.45) is 0 Å². The fourth-order valence-corrected chi connectivity index (χ4v) is 1.99. The molecule has 0 aliphatic heterocycles. The molecule has 1 rings (SSSR count). The summed E-state index contributed by atoms with van der Waals surface area (Å²) < 4.78 is 5.15. The third-order valence-electron chi connectivity index (χ3n) is 2.27. The van der Waals surface area contributed by atoms with E-state index in [9.17, 15) is 9.59 Å². The maximum Gasteiger partial charge on any atom is 0.306 e. The lowest BCUT2D eigenvalue weighted by Gasteiger charge is -2.20. The Kier molecular flexibility index (Phi) is 5.47. The first kappa shape index (κ1) is 15.6. The summed E-state index contributed by atoms with van der Waals surface area (Å²) in [6.45, 7) is 5.89. The van der Waals surface area contributed by atoms with E-state index in [0.717, 1.165) is 5.69 Å². The van der Waals surface area contributed by atoms with Crippen molar-refractivity contribution in [3.05, 3.63) is 16.6 Å². The number of ether oxygens (including phenoxy) is 1. The minimum atomic E-state index is -0.507. The Morgan fingerprint density at radius 3 is 2.58 bits per heavy atom. The lowest BCUT2D eigenvalue weighted by Crippen LogP contribution is -2.28. The van der Waals surface area contributed by atoms with Crippen molar-refractivity contribution in [1.29, 1.82) is 0 Å². The molecule has 0 fully saturated rings. The highest BCUT2D eigenvalue weighted by atomic mass is 32.1. The normalized spacial score (nSPS) is 11.2. The Morgan fingerprint density at radius 1 is 1.37 bits per heavy atom. The van der Waals surface area contributed by atoms with Gasteiger partial charge in [-0.1, -0.05) is 0 Å². The predicted molar refractivity (Wildman–Crippen MR) is 73.7 cm³/mol. The van der Waals surface area contributed by atoms with Crippen LogP contribution < -0.4 is 0 Å². The van der Waals surface area contributed by atoms with Gasteiger partial charge in [0.1, 0.15) is 5.60 Å². The summed E-state index contributed by atoms with van der Waals surface area (Å²) in [6.07, 6.45) is 0.271. The van der Waals surface area contributed by atoms with Crippen LogP contribution in [0.5, 0.6) is 0 Å². The largest absolute Gasteiger partial charge is 0.460 e. The molecule has 0 aromatic carbocycles. The summed E-state index contributed by atoms with van der Waals surface area (Å²) in [4.78, 5) is 29.0. The number of amides is 1. The Morgan fingerprint density at radius 2 is 2.05 bits per heavy atom. The van der Waals surface area contributed by atoms with E-state index in [1.54, 1.807) is 38.2 Å². The van der Waals surface area contributed by atoms with E-state index in [-0.39, 0.29) is 24.7 Å². The van der Waals surface area contributed by atoms with Gasteiger partial charge in [-0.05, 0) is 20.8 Å². The number of thiazole rings is 1. The van der Waals surface area contributed by atoms with Gasteiger partial charge in [-0.3, -0.25) is 9.59 Å². The predicted octanol–water partition coefficient (Wildman–Crippen LogP) is 2.22. The molecule has 1 aromatic rings. The van der Waals surface area contributed by atoms with Crippen LogP contribution in [0.3, 0.4) is 0 Å². The molecular formula is C13H20N2O3S. The van der Waals surface area contributed by atoms with Gasteiger partial charge in [-0.2, -0.15) is 0 Å². The molecule has 0 aliphatic carbocycles. The Labute approximate surface area is 117 Å². The molecule has 1 heterocycles. The zero-order valence-electron chi connectivity index (χ0n) is 11.8. The maximum atomic E-state index is 11.8. The van der Waals surface area contributed by atoms with Crippen molar-refractivity contribution in [2.75, 3.05) is 7.05 Å². The van der Waals surface area contributed by atoms with Crippen LogP contribution in [0.2, 0.25) is 0 Å². The minimum Gasteiger partial charge on any atom is -0.460 e. The lowest BCUT2D eigenvalue weighted by atomic mass is 10.2. The van der Waals surface area contributed by atoms with Gasteiger partial charge in [-0.25, -0.2) is 4.98 Å². The molecule has 0 aliphatic rings. The van der Waals surface area contributed by atoms with Crippen molar-refractivity contribution in [3.63, 3.8) is 0 Å². The highest BCUT2D eigenvalue weighted by Gasteiger charge is 2.18. The summed E-state index contributed by atoms with van der Waals surface area (Å²) in [5.74, 6) is -0.429. The van der Waals surface area contributed by atoms with E-state index in [2.05, 4.69) is 4.98 Å². The standard InChI is InChI=1S/C13H20N2O3S/c1-13(2,3)18-12(17)6-5-11(16)15(4)7-10-8-19-9-14-10/h8-9H,5-7H2,1-4H3. The van der Waals surface area contributed by atoms with E-state index in [0.29, 0.717) is 6.54 Å². The van der Waals surface area contributed by atoms with Crippen LogP contribution in [-0.2, 0) is 20.9 Å². The second-order valence-corrected chi connectivity index (χ2v) is 6.03. The van der Waals surface area contributed by atoms with Crippen LogP contribution in [0.15, 0.2) is 10.9 Å². The fraction of sp³-hybridized carbons (Fsp3) is 0.615. The number of nitrogens with zero attached hydrogens (tertiary/aromatic N) is 2. The van der Waals surface area contributed by atoms with Gasteiger partial charge in [0, 0.05) is 18.8 Å². The Bertz CT molecular complexity index is 424. The van der Waals surface area contributed by atoms with Crippen LogP contribution in [0, 0.1) is 0 Å². The van der Waals surface area contributed by atoms with E-state index in [4.69, 9.17) is 4.74 Å². The monoisotopic (exact) mass is 284 g/mol. The van der Waals surface area contributed by atoms with Gasteiger partial charge < -0.3 is 9.64 Å². The topological polar surface area (TPSA) is 59.5 Å². The van der Waals surface area contributed by atoms with Gasteiger partial charge in [0.2, 0.25) is 5.91 Å². The molecular weight excluding hydrogens is 264 g/mol. The average Bonchev–Trinajstić information content (AvgIpc) is 2.76. The van der Waals surface area contributed by atoms with Gasteiger partial charge >= 0.3 is 5.97 Å². The summed E-state index contributed by atoms with van der Waals surface area (Å²) in [5, 5.41) is 1.90. The van der Waals surface area contributed by atoms with Crippen LogP contribution in [0.25, 0.3) is 0 Å². The zero-order valence-corrected chi connectivity index (χ0v) is 12.6. The second kappa shape index (κ2) is 6.65. The summed E-state index contributed by atoms with van der Waals surface area (Å²) in [6, 6.07) is 0. The molecule has 0 saturated heterocycles. The van der Waals surface area contributed by atoms with E-state index < -0.39 is 5.60 Å². The van der Waals surface area contributed by atoms with Gasteiger partial charge in [-0.15, -0.1) is 11.3 Å². The number of hydrogen-bond donors (Lipinski definition) is 0. The molecule has 0 bridgehead atoms. The number of rotatable bonds is 5. The van der Waals surface area contributed by atoms with E-state index in [1.165, 1.54) is 11.3 Å². The van der Waals surface area contributed by atoms with Crippen LogP contribution in [0.4, 0.5) is 0 Å². The zero-order chi connectivity index (χ0) is 14.5. The number of carbonyl (C=O) groups is 2. The Balaban J connectivity index is 2.32. The quantitative estimate of drug-likeness (QED) is 0.778. The summed E-state index contributed by atoms with van der Waals surface area (Å²) in [7, 11) is 1.71. The first-order valence-electron chi connectivity index (χ1n) is 6.11. The van der Waals surface area contributed by atoms with Gasteiger partial charge in [0.05, 0.1) is 24.2 Å². The third-order valence-corrected chi connectivity index (χ3v) is 2.91. The average molecular weight is 284 g/mol. The minimum absolute atomic E-state index is 0.0844. The van der Waals surface area contributed by atoms with Crippen LogP contribution in [0.1, 0.15) is 39.3 Å². The smallest absolute Gasteiger partial charge is 0.306 e. The molecule has 0 radical (unpaired) electrons. The number of aromatic nitrogens is 1. The molecule has 6 heteroatoms. The third kappa shape index (κ3) is 6.33. The Hall–Kier alpha value is -1.43. The summed E-state index contributed by atoms with van der Waals surface area (Å²) >= 11 is 1.49. The molecule has 5 nitrogen and oxygen atoms in total. The molecule has 0 spiro atoms. The second-order valence-electron chi connectivity index (χ2n) is 5.32. The molecule has 106 valence electrons. The van der Waals surface area contributed by atoms with Crippen molar-refractivity contribution < 1.29 is 14.3 Å². The molecule has 19 heavy (non-hydrogen) atoms. The SMILES string of the molecule is CN(Cc1cscn1)C(=O)CCC(=O)OC(C)(C)C. The number of esters is 1. The van der Waals surface area contributed by atoms with E-state index >= 15 is 0 Å². The van der Waals surface area contributed by atoms with Gasteiger partial charge in [0.25, 0.3) is 0 Å². The highest BCUT2D eigenvalue weighted by molar-refractivity contribution is 7.07. The molecule has 0 saturated carbocycles. The van der Waals surface area contributed by atoms with Gasteiger partial charge in [0.15, 0.2) is 0 Å².